The normalized spacial score (nSPS) is 23.2. The SMILES string of the molecule is C[C@H](NP(=O)(OC[C@H]1O[C@@H](n2ccc(=O)n(COCc3ccccc3)c2=O)[C@](C)(Cl)[C@@H]1O)Oc1ccccc1)C(=O)OCC(C)(C)C. The quantitative estimate of drug-likeness (QED) is 0.142. The van der Waals surface area contributed by atoms with E-state index < -0.39 is 60.9 Å². The lowest BCUT2D eigenvalue weighted by Crippen LogP contribution is -2.46. The van der Waals surface area contributed by atoms with Crippen molar-refractivity contribution in [1.82, 2.24) is 14.2 Å². The molecule has 15 heteroatoms. The van der Waals surface area contributed by atoms with Crippen molar-refractivity contribution in [2.75, 3.05) is 13.2 Å². The molecule has 0 radical (unpaired) electrons. The van der Waals surface area contributed by atoms with E-state index in [1.807, 2.05) is 51.1 Å². The zero-order valence-corrected chi connectivity index (χ0v) is 28.6. The Balaban J connectivity index is 1.50. The Hall–Kier alpha value is -3.29. The fraction of sp³-hybridized carbons (Fsp3) is 0.469. The van der Waals surface area contributed by atoms with Gasteiger partial charge < -0.3 is 23.8 Å². The molecule has 2 N–H and O–H groups in total. The molecule has 0 spiro atoms. The summed E-state index contributed by atoms with van der Waals surface area (Å²) in [5, 5.41) is 13.8. The summed E-state index contributed by atoms with van der Waals surface area (Å²) in [4.78, 5) is 37.1. The maximum absolute atomic E-state index is 14.0. The molecule has 0 bridgehead atoms. The van der Waals surface area contributed by atoms with Crippen LogP contribution >= 0.6 is 19.3 Å². The van der Waals surface area contributed by atoms with E-state index >= 15 is 0 Å². The minimum Gasteiger partial charge on any atom is -0.464 e. The molecule has 256 valence electrons. The largest absolute Gasteiger partial charge is 0.464 e. The molecule has 0 amide bonds. The molecule has 0 aliphatic carbocycles. The molecule has 2 aromatic carbocycles. The second-order valence-electron chi connectivity index (χ2n) is 12.6. The highest BCUT2D eigenvalue weighted by Crippen LogP contribution is 2.48. The van der Waals surface area contributed by atoms with E-state index in [-0.39, 0.29) is 31.1 Å². The summed E-state index contributed by atoms with van der Waals surface area (Å²) in [7, 11) is -4.31. The van der Waals surface area contributed by atoms with E-state index in [1.165, 1.54) is 20.0 Å². The highest BCUT2D eigenvalue weighted by Gasteiger charge is 2.54. The van der Waals surface area contributed by atoms with Crippen molar-refractivity contribution in [3.05, 3.63) is 99.3 Å². The van der Waals surface area contributed by atoms with E-state index in [0.717, 1.165) is 20.8 Å². The average molecular weight is 694 g/mol. The molecule has 1 aromatic heterocycles. The first kappa shape index (κ1) is 36.5. The zero-order chi connectivity index (χ0) is 34.4. The third kappa shape index (κ3) is 9.64. The molecule has 1 fully saturated rings. The van der Waals surface area contributed by atoms with Crippen LogP contribution in [0, 0.1) is 5.41 Å². The Bertz CT molecular complexity index is 1660. The first-order valence-electron chi connectivity index (χ1n) is 15.0. The van der Waals surface area contributed by atoms with E-state index in [4.69, 9.17) is 34.9 Å². The third-order valence-electron chi connectivity index (χ3n) is 7.13. The monoisotopic (exact) mass is 693 g/mol. The number of carbonyl (C=O) groups excluding carboxylic acids is 1. The van der Waals surface area contributed by atoms with E-state index in [2.05, 4.69) is 5.09 Å². The summed E-state index contributed by atoms with van der Waals surface area (Å²) < 4.78 is 44.3. The van der Waals surface area contributed by atoms with Crippen molar-refractivity contribution >= 4 is 25.3 Å². The minimum atomic E-state index is -4.31. The lowest BCUT2D eigenvalue weighted by Gasteiger charge is -2.27. The summed E-state index contributed by atoms with van der Waals surface area (Å²) in [6.45, 7) is 8.06. The van der Waals surface area contributed by atoms with Gasteiger partial charge in [0.25, 0.3) is 5.56 Å². The molecule has 1 unspecified atom stereocenters. The molecular weight excluding hydrogens is 653 g/mol. The van der Waals surface area contributed by atoms with Gasteiger partial charge in [0.1, 0.15) is 35.6 Å². The number of benzene rings is 2. The zero-order valence-electron chi connectivity index (χ0n) is 26.9. The predicted octanol–water partition coefficient (Wildman–Crippen LogP) is 4.21. The maximum atomic E-state index is 14.0. The Morgan fingerprint density at radius 2 is 1.74 bits per heavy atom. The number of hydrogen-bond donors (Lipinski definition) is 2. The van der Waals surface area contributed by atoms with Crippen LogP contribution in [0.2, 0.25) is 0 Å². The van der Waals surface area contributed by atoms with E-state index in [0.29, 0.717) is 0 Å². The van der Waals surface area contributed by atoms with Crippen LogP contribution in [0.15, 0.2) is 82.5 Å². The summed E-state index contributed by atoms with van der Waals surface area (Å²) in [6, 6.07) is 17.5. The Morgan fingerprint density at radius 3 is 2.38 bits per heavy atom. The molecule has 6 atom stereocenters. The van der Waals surface area contributed by atoms with Gasteiger partial charge in [-0.15, -0.1) is 11.6 Å². The van der Waals surface area contributed by atoms with Gasteiger partial charge in [0, 0.05) is 12.3 Å². The number of aliphatic hydroxyl groups is 1. The summed E-state index contributed by atoms with van der Waals surface area (Å²) in [6.07, 6.45) is -2.69. The smallest absolute Gasteiger partial charge is 0.459 e. The number of aliphatic hydroxyl groups excluding tert-OH is 1. The lowest BCUT2D eigenvalue weighted by atomic mass is 9.99. The van der Waals surface area contributed by atoms with Gasteiger partial charge in [-0.25, -0.2) is 13.9 Å². The molecule has 1 aliphatic rings. The molecule has 0 saturated carbocycles. The highest BCUT2D eigenvalue weighted by molar-refractivity contribution is 7.52. The number of alkyl halides is 1. The number of hydrogen-bond acceptors (Lipinski definition) is 10. The number of para-hydroxylation sites is 1. The van der Waals surface area contributed by atoms with Crippen LogP contribution in [0.1, 0.15) is 46.4 Å². The first-order chi connectivity index (χ1) is 22.1. The molecule has 4 rings (SSSR count). The highest BCUT2D eigenvalue weighted by atomic mass is 35.5. The van der Waals surface area contributed by atoms with Crippen molar-refractivity contribution in [1.29, 1.82) is 0 Å². The summed E-state index contributed by atoms with van der Waals surface area (Å²) >= 11 is 6.75. The van der Waals surface area contributed by atoms with Crippen molar-refractivity contribution in [3.63, 3.8) is 0 Å². The molecule has 2 heterocycles. The second kappa shape index (κ2) is 15.3. The number of halogens is 1. The fourth-order valence-corrected chi connectivity index (χ4v) is 6.39. The van der Waals surface area contributed by atoms with Gasteiger partial charge in [-0.1, -0.05) is 69.3 Å². The predicted molar refractivity (Wildman–Crippen MR) is 174 cm³/mol. The second-order valence-corrected chi connectivity index (χ2v) is 15.1. The fourth-order valence-electron chi connectivity index (χ4n) is 4.59. The van der Waals surface area contributed by atoms with Crippen molar-refractivity contribution < 1.29 is 37.7 Å². The molecule has 1 aliphatic heterocycles. The maximum Gasteiger partial charge on any atom is 0.459 e. The average Bonchev–Trinajstić information content (AvgIpc) is 3.24. The number of nitrogens with zero attached hydrogens (tertiary/aromatic N) is 2. The third-order valence-corrected chi connectivity index (χ3v) is 9.18. The number of rotatable bonds is 14. The number of nitrogens with one attached hydrogen (secondary N) is 1. The number of aromatic nitrogens is 2. The molecule has 3 aromatic rings. The minimum absolute atomic E-state index is 0.131. The van der Waals surface area contributed by atoms with Gasteiger partial charge in [-0.2, -0.15) is 5.09 Å². The van der Waals surface area contributed by atoms with Crippen LogP contribution in [0.5, 0.6) is 5.75 Å². The van der Waals surface area contributed by atoms with Crippen LogP contribution in [0.3, 0.4) is 0 Å². The number of esters is 1. The van der Waals surface area contributed by atoms with Gasteiger partial charge >= 0.3 is 19.4 Å². The molecular formula is C32H41ClN3O10P. The van der Waals surface area contributed by atoms with E-state index in [9.17, 15) is 24.1 Å². The Labute approximate surface area is 277 Å². The van der Waals surface area contributed by atoms with Gasteiger partial charge in [-0.3, -0.25) is 18.7 Å². The van der Waals surface area contributed by atoms with Gasteiger partial charge in [0.15, 0.2) is 6.23 Å². The lowest BCUT2D eigenvalue weighted by molar-refractivity contribution is -0.148. The number of ether oxygens (including phenoxy) is 3. The summed E-state index contributed by atoms with van der Waals surface area (Å²) in [5.41, 5.74) is -0.816. The van der Waals surface area contributed by atoms with Crippen LogP contribution in [0.4, 0.5) is 0 Å². The van der Waals surface area contributed by atoms with Gasteiger partial charge in [-0.05, 0) is 37.0 Å². The van der Waals surface area contributed by atoms with Crippen LogP contribution in [-0.4, -0.2) is 56.5 Å². The van der Waals surface area contributed by atoms with Crippen molar-refractivity contribution in [3.8, 4) is 5.75 Å². The molecule has 13 nitrogen and oxygen atoms in total. The van der Waals surface area contributed by atoms with Crippen LogP contribution in [-0.2, 0) is 41.4 Å². The Kier molecular flexibility index (Phi) is 11.9. The topological polar surface area (TPSA) is 157 Å². The molecule has 1 saturated heterocycles. The standard InChI is InChI=1S/C32H41ClN3O10P/c1-22(28(39)43-20-31(2,3)4)34-47(41,46-24-14-10-7-11-15-24)44-19-25-27(38)32(5,33)29(45-25)35-17-16-26(37)36(30(35)40)21-42-18-23-12-8-6-9-13-23/h6-17,22,25,27,29,38H,18-21H2,1-5H3,(H,34,41)/t22-,25+,27+,29+,32+,47?/m0/s1. The van der Waals surface area contributed by atoms with Crippen LogP contribution in [0.25, 0.3) is 0 Å². The van der Waals surface area contributed by atoms with Crippen LogP contribution < -0.4 is 20.9 Å². The van der Waals surface area contributed by atoms with Crippen molar-refractivity contribution in [2.24, 2.45) is 5.41 Å². The van der Waals surface area contributed by atoms with Gasteiger partial charge in [0.05, 0.1) is 19.8 Å². The first-order valence-corrected chi connectivity index (χ1v) is 16.9. The van der Waals surface area contributed by atoms with E-state index in [1.54, 1.807) is 30.3 Å². The Morgan fingerprint density at radius 1 is 1.11 bits per heavy atom. The molecule has 47 heavy (non-hydrogen) atoms. The van der Waals surface area contributed by atoms with Gasteiger partial charge in [0.2, 0.25) is 0 Å². The van der Waals surface area contributed by atoms with Crippen molar-refractivity contribution in [2.45, 2.75) is 77.3 Å². The summed E-state index contributed by atoms with van der Waals surface area (Å²) in [5.74, 6) is -0.483. The number of carbonyl (C=O) groups is 1.